The van der Waals surface area contributed by atoms with Crippen molar-refractivity contribution >= 4 is 10.9 Å². The SMILES string of the molecule is CC(C)N1CCCC1c1ccc2[nH]ccc2c1. The highest BCUT2D eigenvalue weighted by Crippen LogP contribution is 2.34. The zero-order chi connectivity index (χ0) is 11.8. The molecule has 2 heteroatoms. The minimum Gasteiger partial charge on any atom is -0.361 e. The molecule has 1 aromatic carbocycles. The van der Waals surface area contributed by atoms with Crippen LogP contribution in [0, 0.1) is 0 Å². The molecule has 1 saturated heterocycles. The number of aromatic amines is 1. The third-order valence-corrected chi connectivity index (χ3v) is 3.92. The van der Waals surface area contributed by atoms with Crippen molar-refractivity contribution < 1.29 is 0 Å². The number of likely N-dealkylation sites (tertiary alicyclic amines) is 1. The van der Waals surface area contributed by atoms with E-state index in [1.165, 1.54) is 35.9 Å². The van der Waals surface area contributed by atoms with Gasteiger partial charge in [0.1, 0.15) is 0 Å². The van der Waals surface area contributed by atoms with E-state index in [4.69, 9.17) is 0 Å². The highest BCUT2D eigenvalue weighted by Gasteiger charge is 2.27. The first-order valence-electron chi connectivity index (χ1n) is 6.58. The van der Waals surface area contributed by atoms with E-state index in [1.807, 2.05) is 6.20 Å². The summed E-state index contributed by atoms with van der Waals surface area (Å²) >= 11 is 0. The summed E-state index contributed by atoms with van der Waals surface area (Å²) in [6, 6.07) is 10.3. The molecule has 0 spiro atoms. The van der Waals surface area contributed by atoms with E-state index in [9.17, 15) is 0 Å². The number of rotatable bonds is 2. The quantitative estimate of drug-likeness (QED) is 0.830. The molecule has 1 N–H and O–H groups in total. The van der Waals surface area contributed by atoms with Gasteiger partial charge in [-0.1, -0.05) is 6.07 Å². The Balaban J connectivity index is 1.96. The van der Waals surface area contributed by atoms with E-state index in [2.05, 4.69) is 48.0 Å². The second-order valence-corrected chi connectivity index (χ2v) is 5.31. The molecule has 1 fully saturated rings. The predicted molar refractivity (Wildman–Crippen MR) is 72.1 cm³/mol. The van der Waals surface area contributed by atoms with Gasteiger partial charge in [-0.3, -0.25) is 4.90 Å². The standard InChI is InChI=1S/C15H20N2/c1-11(2)17-9-3-4-15(17)13-5-6-14-12(10-13)7-8-16-14/h5-8,10-11,15-16H,3-4,9H2,1-2H3. The minimum atomic E-state index is 0.620. The van der Waals surface area contributed by atoms with Crippen molar-refractivity contribution in [3.8, 4) is 0 Å². The average Bonchev–Trinajstić information content (AvgIpc) is 2.96. The molecule has 1 aliphatic rings. The summed E-state index contributed by atoms with van der Waals surface area (Å²) in [6.07, 6.45) is 4.64. The summed E-state index contributed by atoms with van der Waals surface area (Å²) in [5, 5.41) is 1.33. The van der Waals surface area contributed by atoms with Crippen LogP contribution < -0.4 is 0 Å². The molecule has 0 saturated carbocycles. The van der Waals surface area contributed by atoms with Crippen LogP contribution in [0.3, 0.4) is 0 Å². The Morgan fingerprint density at radius 2 is 2.18 bits per heavy atom. The first kappa shape index (κ1) is 10.8. The van der Waals surface area contributed by atoms with Gasteiger partial charge in [0.25, 0.3) is 0 Å². The van der Waals surface area contributed by atoms with Crippen LogP contribution in [-0.4, -0.2) is 22.5 Å². The molecule has 0 aliphatic carbocycles. The number of hydrogen-bond donors (Lipinski definition) is 1. The van der Waals surface area contributed by atoms with E-state index >= 15 is 0 Å². The van der Waals surface area contributed by atoms with Crippen LogP contribution in [0.4, 0.5) is 0 Å². The number of fused-ring (bicyclic) bond motifs is 1. The van der Waals surface area contributed by atoms with Gasteiger partial charge >= 0.3 is 0 Å². The van der Waals surface area contributed by atoms with E-state index in [0.717, 1.165) is 0 Å². The zero-order valence-electron chi connectivity index (χ0n) is 10.6. The van der Waals surface area contributed by atoms with E-state index < -0.39 is 0 Å². The molecule has 3 rings (SSSR count). The number of aromatic nitrogens is 1. The van der Waals surface area contributed by atoms with Crippen molar-refractivity contribution in [1.29, 1.82) is 0 Å². The Bertz CT molecular complexity index is 512. The molecule has 17 heavy (non-hydrogen) atoms. The van der Waals surface area contributed by atoms with Crippen LogP contribution >= 0.6 is 0 Å². The van der Waals surface area contributed by atoms with Gasteiger partial charge in [0.2, 0.25) is 0 Å². The van der Waals surface area contributed by atoms with Gasteiger partial charge in [-0.25, -0.2) is 0 Å². The number of H-pyrrole nitrogens is 1. The molecule has 1 unspecified atom stereocenters. The lowest BCUT2D eigenvalue weighted by Crippen LogP contribution is -2.30. The van der Waals surface area contributed by atoms with Gasteiger partial charge in [0.05, 0.1) is 0 Å². The highest BCUT2D eigenvalue weighted by atomic mass is 15.2. The normalized spacial score (nSPS) is 21.7. The molecule has 2 aromatic rings. The Hall–Kier alpha value is -1.28. The van der Waals surface area contributed by atoms with E-state index in [-0.39, 0.29) is 0 Å². The molecule has 2 nitrogen and oxygen atoms in total. The van der Waals surface area contributed by atoms with Gasteiger partial charge in [-0.15, -0.1) is 0 Å². The van der Waals surface area contributed by atoms with E-state index in [1.54, 1.807) is 0 Å². The van der Waals surface area contributed by atoms with Gasteiger partial charge < -0.3 is 4.98 Å². The first-order chi connectivity index (χ1) is 8.25. The maximum absolute atomic E-state index is 3.26. The summed E-state index contributed by atoms with van der Waals surface area (Å²) < 4.78 is 0. The third-order valence-electron chi connectivity index (χ3n) is 3.92. The first-order valence-corrected chi connectivity index (χ1v) is 6.58. The fourth-order valence-corrected chi connectivity index (χ4v) is 3.04. The maximum Gasteiger partial charge on any atom is 0.0454 e. The van der Waals surface area contributed by atoms with Crippen molar-refractivity contribution in [2.75, 3.05) is 6.54 Å². The Morgan fingerprint density at radius 3 is 3.00 bits per heavy atom. The molecule has 1 aromatic heterocycles. The highest BCUT2D eigenvalue weighted by molar-refractivity contribution is 5.80. The van der Waals surface area contributed by atoms with Gasteiger partial charge in [0, 0.05) is 23.8 Å². The van der Waals surface area contributed by atoms with Crippen LogP contribution in [0.25, 0.3) is 10.9 Å². The van der Waals surface area contributed by atoms with E-state index in [0.29, 0.717) is 12.1 Å². The lowest BCUT2D eigenvalue weighted by Gasteiger charge is -2.28. The summed E-state index contributed by atoms with van der Waals surface area (Å²) in [5.74, 6) is 0. The van der Waals surface area contributed by atoms with Crippen molar-refractivity contribution in [3.63, 3.8) is 0 Å². The molecular formula is C15H20N2. The zero-order valence-corrected chi connectivity index (χ0v) is 10.6. The van der Waals surface area contributed by atoms with Crippen molar-refractivity contribution in [2.45, 2.75) is 38.8 Å². The topological polar surface area (TPSA) is 19.0 Å². The van der Waals surface area contributed by atoms with Gasteiger partial charge in [-0.2, -0.15) is 0 Å². The fourth-order valence-electron chi connectivity index (χ4n) is 3.04. The van der Waals surface area contributed by atoms with Crippen LogP contribution in [0.1, 0.15) is 38.3 Å². The van der Waals surface area contributed by atoms with Crippen molar-refractivity contribution in [3.05, 3.63) is 36.0 Å². The summed E-state index contributed by atoms with van der Waals surface area (Å²) in [5.41, 5.74) is 2.71. The predicted octanol–water partition coefficient (Wildman–Crippen LogP) is 3.71. The molecular weight excluding hydrogens is 208 g/mol. The molecule has 1 atom stereocenters. The largest absolute Gasteiger partial charge is 0.361 e. The smallest absolute Gasteiger partial charge is 0.0454 e. The monoisotopic (exact) mass is 228 g/mol. The molecule has 2 heterocycles. The van der Waals surface area contributed by atoms with Crippen molar-refractivity contribution in [1.82, 2.24) is 9.88 Å². The van der Waals surface area contributed by atoms with Gasteiger partial charge in [-0.05, 0) is 62.4 Å². The molecule has 0 amide bonds. The average molecular weight is 228 g/mol. The fraction of sp³-hybridized carbons (Fsp3) is 0.467. The lowest BCUT2D eigenvalue weighted by molar-refractivity contribution is 0.205. The number of nitrogens with zero attached hydrogens (tertiary/aromatic N) is 1. The Morgan fingerprint density at radius 1 is 1.29 bits per heavy atom. The maximum atomic E-state index is 3.26. The lowest BCUT2D eigenvalue weighted by atomic mass is 10.0. The van der Waals surface area contributed by atoms with Crippen molar-refractivity contribution in [2.24, 2.45) is 0 Å². The summed E-state index contributed by atoms with van der Waals surface area (Å²) in [7, 11) is 0. The van der Waals surface area contributed by atoms with Crippen LogP contribution in [-0.2, 0) is 0 Å². The Kier molecular flexibility index (Phi) is 2.67. The van der Waals surface area contributed by atoms with Gasteiger partial charge in [0.15, 0.2) is 0 Å². The second-order valence-electron chi connectivity index (χ2n) is 5.31. The summed E-state index contributed by atoms with van der Waals surface area (Å²) in [4.78, 5) is 5.88. The molecule has 0 radical (unpaired) electrons. The molecule has 1 aliphatic heterocycles. The second kappa shape index (κ2) is 4.19. The Labute approximate surface area is 103 Å². The molecule has 0 bridgehead atoms. The molecule has 90 valence electrons. The minimum absolute atomic E-state index is 0.620. The summed E-state index contributed by atoms with van der Waals surface area (Å²) in [6.45, 7) is 5.84. The number of benzene rings is 1. The third kappa shape index (κ3) is 1.87. The van der Waals surface area contributed by atoms with Crippen LogP contribution in [0.2, 0.25) is 0 Å². The van der Waals surface area contributed by atoms with Crippen LogP contribution in [0.5, 0.6) is 0 Å². The number of hydrogen-bond acceptors (Lipinski definition) is 1. The number of nitrogens with one attached hydrogen (secondary N) is 1. The van der Waals surface area contributed by atoms with Crippen LogP contribution in [0.15, 0.2) is 30.5 Å².